The van der Waals surface area contributed by atoms with Crippen LogP contribution in [0.25, 0.3) is 0 Å². The lowest BCUT2D eigenvalue weighted by Gasteiger charge is -2.30. The van der Waals surface area contributed by atoms with Gasteiger partial charge in [0.1, 0.15) is 5.69 Å². The number of piperazine rings is 1. The van der Waals surface area contributed by atoms with Gasteiger partial charge in [-0.1, -0.05) is 11.6 Å². The maximum absolute atomic E-state index is 12.8. The second-order valence-corrected chi connectivity index (χ2v) is 7.81. The van der Waals surface area contributed by atoms with Crippen molar-refractivity contribution in [2.24, 2.45) is 0 Å². The Morgan fingerprint density at radius 1 is 1.13 bits per heavy atom. The first-order chi connectivity index (χ1) is 14.6. The van der Waals surface area contributed by atoms with Crippen molar-refractivity contribution in [3.05, 3.63) is 47.0 Å². The molecule has 2 aromatic rings. The molecule has 0 unspecified atom stereocenters. The molecule has 2 heterocycles. The minimum atomic E-state index is -0.300. The molecule has 0 radical (unpaired) electrons. The molecule has 2 amide bonds. The second kappa shape index (κ2) is 9.01. The number of hydrogen-bond donors (Lipinski definition) is 4. The Labute approximate surface area is 179 Å². The maximum atomic E-state index is 12.8. The number of carbonyl (C=O) groups is 2. The largest absolute Gasteiger partial charge is 0.368 e. The van der Waals surface area contributed by atoms with Gasteiger partial charge < -0.3 is 20.4 Å². The van der Waals surface area contributed by atoms with E-state index in [-0.39, 0.29) is 11.8 Å². The van der Waals surface area contributed by atoms with Crippen LogP contribution in [0.4, 0.5) is 22.7 Å². The number of halogens is 1. The van der Waals surface area contributed by atoms with E-state index in [4.69, 9.17) is 11.6 Å². The molecule has 0 aliphatic carbocycles. The summed E-state index contributed by atoms with van der Waals surface area (Å²) in [6.45, 7) is 4.05. The highest BCUT2D eigenvalue weighted by molar-refractivity contribution is 6.33. The summed E-state index contributed by atoms with van der Waals surface area (Å²) in [7, 11) is 0. The molecule has 8 nitrogen and oxygen atoms in total. The van der Waals surface area contributed by atoms with Gasteiger partial charge in [-0.3, -0.25) is 9.59 Å². The molecule has 2 aromatic carbocycles. The molecule has 2 fully saturated rings. The molecule has 0 bridgehead atoms. The monoisotopic (exact) mass is 430 g/mol. The van der Waals surface area contributed by atoms with Crippen LogP contribution in [-0.4, -0.2) is 49.7 Å². The van der Waals surface area contributed by atoms with E-state index in [9.17, 15) is 14.8 Å². The summed E-state index contributed by atoms with van der Waals surface area (Å²) in [4.78, 5) is 28.6. The van der Waals surface area contributed by atoms with Gasteiger partial charge in [0.25, 0.3) is 5.91 Å². The first-order valence-corrected chi connectivity index (χ1v) is 10.4. The van der Waals surface area contributed by atoms with Gasteiger partial charge >= 0.3 is 0 Å². The van der Waals surface area contributed by atoms with E-state index >= 15 is 0 Å². The van der Waals surface area contributed by atoms with E-state index in [1.54, 1.807) is 41.3 Å². The van der Waals surface area contributed by atoms with Crippen molar-refractivity contribution in [3.8, 4) is 0 Å². The summed E-state index contributed by atoms with van der Waals surface area (Å²) in [6, 6.07) is 10.4. The quantitative estimate of drug-likeness (QED) is 0.427. The first-order valence-electron chi connectivity index (χ1n) is 10.1. The predicted octanol–water partition coefficient (Wildman–Crippen LogP) is 1.71. The number of amides is 2. The van der Waals surface area contributed by atoms with Gasteiger partial charge in [-0.05, 0) is 36.8 Å². The van der Waals surface area contributed by atoms with Gasteiger partial charge in [0.05, 0.1) is 10.7 Å². The summed E-state index contributed by atoms with van der Waals surface area (Å²) in [5, 5.41) is 16.3. The number of quaternary nitrogens is 1. The molecule has 5 N–H and O–H groups in total. The molecule has 0 saturated carbocycles. The highest BCUT2D eigenvalue weighted by Crippen LogP contribution is 2.34. The lowest BCUT2D eigenvalue weighted by molar-refractivity contribution is -0.825. The van der Waals surface area contributed by atoms with Gasteiger partial charge in [-0.15, -0.1) is 0 Å². The minimum absolute atomic E-state index is 0.108. The smallest absolute Gasteiger partial charge is 0.255 e. The van der Waals surface area contributed by atoms with Crippen molar-refractivity contribution >= 4 is 46.2 Å². The van der Waals surface area contributed by atoms with Crippen molar-refractivity contribution < 1.29 is 20.3 Å². The molecule has 30 heavy (non-hydrogen) atoms. The van der Waals surface area contributed by atoms with Gasteiger partial charge in [0.2, 0.25) is 5.91 Å². The van der Waals surface area contributed by atoms with Crippen molar-refractivity contribution in [3.63, 3.8) is 0 Å². The van der Waals surface area contributed by atoms with Gasteiger partial charge in [-0.25, -0.2) is 5.21 Å². The van der Waals surface area contributed by atoms with E-state index in [1.807, 2.05) is 0 Å². The van der Waals surface area contributed by atoms with Gasteiger partial charge in [0.15, 0.2) is 5.69 Å². The first kappa shape index (κ1) is 20.6. The Morgan fingerprint density at radius 2 is 1.87 bits per heavy atom. The van der Waals surface area contributed by atoms with Crippen molar-refractivity contribution in [2.75, 3.05) is 47.8 Å². The second-order valence-electron chi connectivity index (χ2n) is 7.41. The van der Waals surface area contributed by atoms with Crippen LogP contribution in [0.3, 0.4) is 0 Å². The molecule has 2 aliphatic heterocycles. The average molecular weight is 431 g/mol. The topological polar surface area (TPSA) is 102 Å². The standard InChI is InChI=1S/C21H24ClN5O3/c22-16-12-18(25-30)17(13-19(16)26-10-7-23-8-11-26)24-21(29)14-3-5-15(6-4-14)27-9-1-2-20(27)28/h3-6,12-13,23,25,30H,1-2,7-11H2,(H,24,29)/p+1. The molecule has 158 valence electrons. The van der Waals surface area contributed by atoms with Crippen LogP contribution in [0.5, 0.6) is 0 Å². The number of anilines is 3. The number of nitrogens with two attached hydrogens (primary N) is 1. The Hall–Kier alpha value is -2.65. The molecule has 4 rings (SSSR count). The van der Waals surface area contributed by atoms with Crippen molar-refractivity contribution in [1.29, 1.82) is 0 Å². The number of nitrogens with zero attached hydrogens (tertiary/aromatic N) is 2. The van der Waals surface area contributed by atoms with E-state index in [1.165, 1.54) is 0 Å². The van der Waals surface area contributed by atoms with Crippen LogP contribution in [0.15, 0.2) is 36.4 Å². The number of hydrogen-bond acceptors (Lipinski definition) is 5. The third-order valence-corrected chi connectivity index (χ3v) is 5.78. The fourth-order valence-electron chi connectivity index (χ4n) is 3.85. The molecule has 0 spiro atoms. The molecule has 2 saturated heterocycles. The summed E-state index contributed by atoms with van der Waals surface area (Å²) in [5.41, 5.74) is 3.94. The number of nitrogens with one attached hydrogen (secondary N) is 2. The summed E-state index contributed by atoms with van der Waals surface area (Å²) in [5.74, 6) is -0.192. The van der Waals surface area contributed by atoms with Crippen LogP contribution >= 0.6 is 11.6 Å². The zero-order valence-corrected chi connectivity index (χ0v) is 17.3. The number of carbonyl (C=O) groups excluding carboxylic acids is 2. The summed E-state index contributed by atoms with van der Waals surface area (Å²) < 4.78 is 0. The van der Waals surface area contributed by atoms with E-state index in [0.717, 1.165) is 49.5 Å². The summed E-state index contributed by atoms with van der Waals surface area (Å²) in [6.07, 6.45) is 1.42. The normalized spacial score (nSPS) is 16.8. The van der Waals surface area contributed by atoms with E-state index < -0.39 is 0 Å². The van der Waals surface area contributed by atoms with Gasteiger partial charge in [-0.2, -0.15) is 5.48 Å². The Morgan fingerprint density at radius 3 is 2.50 bits per heavy atom. The predicted molar refractivity (Wildman–Crippen MR) is 116 cm³/mol. The molecular weight excluding hydrogens is 406 g/mol. The Bertz CT molecular complexity index is 944. The highest BCUT2D eigenvalue weighted by Gasteiger charge is 2.22. The van der Waals surface area contributed by atoms with Crippen molar-refractivity contribution in [2.45, 2.75) is 12.8 Å². The summed E-state index contributed by atoms with van der Waals surface area (Å²) >= 11 is 6.42. The van der Waals surface area contributed by atoms with Crippen LogP contribution < -0.4 is 25.9 Å². The fourth-order valence-corrected chi connectivity index (χ4v) is 4.14. The minimum Gasteiger partial charge on any atom is -0.368 e. The van der Waals surface area contributed by atoms with Gasteiger partial charge in [0, 0.05) is 56.5 Å². The van der Waals surface area contributed by atoms with Crippen LogP contribution in [0, 0.1) is 0 Å². The zero-order chi connectivity index (χ0) is 21.1. The Balaban J connectivity index is 1.54. The van der Waals surface area contributed by atoms with Crippen LogP contribution in [-0.2, 0) is 4.79 Å². The number of benzene rings is 2. The molecule has 0 atom stereocenters. The lowest BCUT2D eigenvalue weighted by Crippen LogP contribution is -2.74. The number of rotatable bonds is 5. The van der Waals surface area contributed by atoms with Crippen molar-refractivity contribution in [1.82, 2.24) is 5.32 Å². The van der Waals surface area contributed by atoms with E-state index in [0.29, 0.717) is 34.9 Å². The average Bonchev–Trinajstić information content (AvgIpc) is 3.21. The maximum Gasteiger partial charge on any atom is 0.255 e. The Kier molecular flexibility index (Phi) is 6.19. The van der Waals surface area contributed by atoms with Crippen LogP contribution in [0.1, 0.15) is 23.2 Å². The molecule has 9 heteroatoms. The lowest BCUT2D eigenvalue weighted by atomic mass is 10.1. The molecule has 2 aliphatic rings. The molecular formula is C21H25ClN5O3+. The fraction of sp³-hybridized carbons (Fsp3) is 0.333. The molecule has 0 aromatic heterocycles. The third kappa shape index (κ3) is 4.27. The SMILES string of the molecule is O=C(Nc1cc(N2CCNCC2)c(Cl)cc1[NH2+]O)c1ccc(N2CCCC2=O)cc1. The van der Waals surface area contributed by atoms with Crippen LogP contribution in [0.2, 0.25) is 5.02 Å². The highest BCUT2D eigenvalue weighted by atomic mass is 35.5. The third-order valence-electron chi connectivity index (χ3n) is 5.48. The van der Waals surface area contributed by atoms with E-state index in [2.05, 4.69) is 15.5 Å². The zero-order valence-electron chi connectivity index (χ0n) is 16.5.